The average Bonchev–Trinajstić information content (AvgIpc) is 2.94. The van der Waals surface area contributed by atoms with E-state index in [1.54, 1.807) is 25.5 Å². The molecule has 1 atom stereocenters. The Morgan fingerprint density at radius 1 is 1.48 bits per heavy atom. The van der Waals surface area contributed by atoms with Crippen molar-refractivity contribution in [2.45, 2.75) is 19.6 Å². The number of nitrogens with zero attached hydrogens (tertiary/aromatic N) is 4. The Balaban J connectivity index is 2.16. The number of nitrogens with one attached hydrogen (secondary N) is 1. The summed E-state index contributed by atoms with van der Waals surface area (Å²) in [4.78, 5) is 14.8. The molecule has 1 unspecified atom stereocenters. The van der Waals surface area contributed by atoms with E-state index in [0.717, 1.165) is 16.5 Å². The first-order valence-corrected chi connectivity index (χ1v) is 7.69. The number of hydrogen-bond donors (Lipinski definition) is 1. The molecule has 8 heteroatoms. The number of halogens is 1. The molecule has 0 fully saturated rings. The highest BCUT2D eigenvalue weighted by molar-refractivity contribution is 7.09. The topological polar surface area (TPSA) is 63.2 Å². The molecular weight excluding hydrogens is 310 g/mol. The quantitative estimate of drug-likeness (QED) is 0.823. The van der Waals surface area contributed by atoms with Crippen molar-refractivity contribution in [3.8, 4) is 0 Å². The molecule has 6 nitrogen and oxygen atoms in total. The van der Waals surface area contributed by atoms with E-state index in [-0.39, 0.29) is 6.10 Å². The lowest BCUT2D eigenvalue weighted by Gasteiger charge is -2.20. The Morgan fingerprint density at radius 3 is 2.90 bits per heavy atom. The summed E-state index contributed by atoms with van der Waals surface area (Å²) in [6, 6.07) is 0. The molecule has 2 rings (SSSR count). The molecule has 0 aliphatic heterocycles. The van der Waals surface area contributed by atoms with Crippen LogP contribution in [0.4, 0.5) is 11.5 Å². The Morgan fingerprint density at radius 2 is 2.24 bits per heavy atom. The molecule has 0 aliphatic rings. The van der Waals surface area contributed by atoms with Crippen LogP contribution in [0.3, 0.4) is 0 Å². The van der Waals surface area contributed by atoms with Gasteiger partial charge in [0.25, 0.3) is 0 Å². The maximum Gasteiger partial charge on any atom is 0.157 e. The van der Waals surface area contributed by atoms with Crippen LogP contribution in [0.25, 0.3) is 0 Å². The standard InChI is InChI=1S/C13H18ClN5OS/c1-8(20-4)13-18-9(6-21-13)5-19(3)12-10(15-2)11(14)16-7-17-12/h6-8,15H,5H2,1-4H3. The Labute approximate surface area is 133 Å². The molecule has 0 saturated carbocycles. The van der Waals surface area contributed by atoms with Crippen LogP contribution in [0, 0.1) is 0 Å². The summed E-state index contributed by atoms with van der Waals surface area (Å²) in [5.74, 6) is 0.742. The molecule has 1 N–H and O–H groups in total. The lowest BCUT2D eigenvalue weighted by atomic mass is 10.3. The van der Waals surface area contributed by atoms with E-state index in [2.05, 4.69) is 20.3 Å². The van der Waals surface area contributed by atoms with Crippen molar-refractivity contribution in [3.63, 3.8) is 0 Å². The molecule has 2 heterocycles. The van der Waals surface area contributed by atoms with Crippen molar-refractivity contribution in [2.75, 3.05) is 31.4 Å². The van der Waals surface area contributed by atoms with Crippen molar-refractivity contribution in [3.05, 3.63) is 27.6 Å². The van der Waals surface area contributed by atoms with Crippen LogP contribution in [0.2, 0.25) is 5.15 Å². The molecule has 0 bridgehead atoms. The molecule has 114 valence electrons. The molecular formula is C13H18ClN5OS. The zero-order valence-corrected chi connectivity index (χ0v) is 14.0. The highest BCUT2D eigenvalue weighted by Crippen LogP contribution is 2.29. The van der Waals surface area contributed by atoms with Gasteiger partial charge in [-0.25, -0.2) is 15.0 Å². The van der Waals surface area contributed by atoms with Gasteiger partial charge in [0.2, 0.25) is 0 Å². The molecule has 0 saturated heterocycles. The minimum absolute atomic E-state index is 0.00965. The lowest BCUT2D eigenvalue weighted by molar-refractivity contribution is 0.119. The van der Waals surface area contributed by atoms with Crippen LogP contribution < -0.4 is 10.2 Å². The van der Waals surface area contributed by atoms with Gasteiger partial charge in [-0.05, 0) is 6.92 Å². The van der Waals surface area contributed by atoms with E-state index < -0.39 is 0 Å². The number of anilines is 2. The fourth-order valence-corrected chi connectivity index (χ4v) is 2.93. The number of thiazole rings is 1. The normalized spacial score (nSPS) is 12.2. The summed E-state index contributed by atoms with van der Waals surface area (Å²) in [5.41, 5.74) is 1.68. The lowest BCUT2D eigenvalue weighted by Crippen LogP contribution is -2.19. The van der Waals surface area contributed by atoms with Gasteiger partial charge in [-0.15, -0.1) is 11.3 Å². The molecule has 0 spiro atoms. The average molecular weight is 328 g/mol. The first-order chi connectivity index (χ1) is 10.1. The van der Waals surface area contributed by atoms with E-state index in [1.807, 2.05) is 24.3 Å². The first kappa shape index (κ1) is 15.9. The van der Waals surface area contributed by atoms with Gasteiger partial charge < -0.3 is 15.0 Å². The number of methoxy groups -OCH3 is 1. The minimum atomic E-state index is 0.00965. The van der Waals surface area contributed by atoms with Gasteiger partial charge >= 0.3 is 0 Å². The molecule has 2 aromatic rings. The Hall–Kier alpha value is -1.44. The molecule has 0 radical (unpaired) electrons. The minimum Gasteiger partial charge on any atom is -0.383 e. The van der Waals surface area contributed by atoms with Crippen molar-refractivity contribution < 1.29 is 4.74 Å². The highest BCUT2D eigenvalue weighted by Gasteiger charge is 2.15. The predicted molar refractivity (Wildman–Crippen MR) is 86.2 cm³/mol. The predicted octanol–water partition coefficient (Wildman–Crippen LogP) is 2.97. The summed E-state index contributed by atoms with van der Waals surface area (Å²) in [6.07, 6.45) is 1.46. The molecule has 21 heavy (non-hydrogen) atoms. The van der Waals surface area contributed by atoms with Gasteiger partial charge in [-0.2, -0.15) is 0 Å². The Bertz CT molecular complexity index is 606. The number of hydrogen-bond acceptors (Lipinski definition) is 7. The smallest absolute Gasteiger partial charge is 0.157 e. The second-order valence-electron chi connectivity index (χ2n) is 4.52. The van der Waals surface area contributed by atoms with Crippen LogP contribution in [0.5, 0.6) is 0 Å². The van der Waals surface area contributed by atoms with E-state index in [4.69, 9.17) is 16.3 Å². The second-order valence-corrected chi connectivity index (χ2v) is 5.77. The monoisotopic (exact) mass is 327 g/mol. The van der Waals surface area contributed by atoms with E-state index >= 15 is 0 Å². The summed E-state index contributed by atoms with van der Waals surface area (Å²) >= 11 is 7.67. The third-order valence-electron chi connectivity index (χ3n) is 3.06. The highest BCUT2D eigenvalue weighted by atomic mass is 35.5. The van der Waals surface area contributed by atoms with Gasteiger partial charge in [0.15, 0.2) is 11.0 Å². The Kier molecular flexibility index (Phi) is 5.33. The number of rotatable bonds is 6. The zero-order chi connectivity index (χ0) is 15.4. The largest absolute Gasteiger partial charge is 0.383 e. The van der Waals surface area contributed by atoms with Gasteiger partial charge in [0, 0.05) is 26.6 Å². The van der Waals surface area contributed by atoms with Gasteiger partial charge in [-0.1, -0.05) is 11.6 Å². The van der Waals surface area contributed by atoms with E-state index in [9.17, 15) is 0 Å². The van der Waals surface area contributed by atoms with Crippen LogP contribution in [-0.2, 0) is 11.3 Å². The third-order valence-corrected chi connectivity index (χ3v) is 4.40. The maximum atomic E-state index is 6.07. The van der Waals surface area contributed by atoms with Gasteiger partial charge in [0.05, 0.1) is 12.2 Å². The van der Waals surface area contributed by atoms with E-state index in [0.29, 0.717) is 17.4 Å². The maximum absolute atomic E-state index is 6.07. The van der Waals surface area contributed by atoms with E-state index in [1.165, 1.54) is 6.33 Å². The van der Waals surface area contributed by atoms with Crippen LogP contribution in [0.1, 0.15) is 23.7 Å². The molecule has 2 aromatic heterocycles. The van der Waals surface area contributed by atoms with Crippen molar-refractivity contribution >= 4 is 34.4 Å². The second kappa shape index (κ2) is 7.02. The van der Waals surface area contributed by atoms with Crippen LogP contribution in [0.15, 0.2) is 11.7 Å². The number of aromatic nitrogens is 3. The first-order valence-electron chi connectivity index (χ1n) is 6.43. The molecule has 0 amide bonds. The summed E-state index contributed by atoms with van der Waals surface area (Å²) in [6.45, 7) is 2.62. The SMILES string of the molecule is CNc1c(Cl)ncnc1N(C)Cc1csc(C(C)OC)n1. The van der Waals surface area contributed by atoms with Gasteiger partial charge in [0.1, 0.15) is 23.1 Å². The molecule has 0 aliphatic carbocycles. The van der Waals surface area contributed by atoms with Crippen LogP contribution >= 0.6 is 22.9 Å². The summed E-state index contributed by atoms with van der Waals surface area (Å²) < 4.78 is 5.28. The third kappa shape index (κ3) is 3.61. The fourth-order valence-electron chi connectivity index (χ4n) is 1.86. The fraction of sp³-hybridized carbons (Fsp3) is 0.462. The van der Waals surface area contributed by atoms with Gasteiger partial charge in [-0.3, -0.25) is 0 Å². The number of ether oxygens (including phenoxy) is 1. The van der Waals surface area contributed by atoms with Crippen molar-refractivity contribution in [1.29, 1.82) is 0 Å². The van der Waals surface area contributed by atoms with Crippen LogP contribution in [-0.4, -0.2) is 36.2 Å². The summed E-state index contributed by atoms with van der Waals surface area (Å²) in [5, 5.41) is 6.43. The van der Waals surface area contributed by atoms with Crippen molar-refractivity contribution in [2.24, 2.45) is 0 Å². The van der Waals surface area contributed by atoms with Crippen molar-refractivity contribution in [1.82, 2.24) is 15.0 Å². The summed E-state index contributed by atoms with van der Waals surface area (Å²) in [7, 11) is 5.42. The molecule has 0 aromatic carbocycles. The zero-order valence-electron chi connectivity index (χ0n) is 12.4.